The third kappa shape index (κ3) is 2.74. The lowest BCUT2D eigenvalue weighted by molar-refractivity contribution is -0.384. The SMILES string of the molecule is CC12CCC(C(=O)NCCN3CCCCC3)(c3nc4cc([N+](=O)[O-])ccc4nc31)C2(C)C. The summed E-state index contributed by atoms with van der Waals surface area (Å²) in [6.07, 6.45) is 5.34. The average molecular weight is 438 g/mol. The van der Waals surface area contributed by atoms with Gasteiger partial charge in [0, 0.05) is 30.6 Å². The van der Waals surface area contributed by atoms with Crippen LogP contribution in [0.25, 0.3) is 11.0 Å². The van der Waals surface area contributed by atoms with Gasteiger partial charge in [-0.15, -0.1) is 0 Å². The number of carbonyl (C=O) groups is 1. The van der Waals surface area contributed by atoms with E-state index in [1.807, 2.05) is 0 Å². The number of carbonyl (C=O) groups excluding carboxylic acids is 1. The second-order valence-corrected chi connectivity index (χ2v) is 10.4. The standard InChI is InChI=1S/C24H31N5O3/c1-22(2)23(3)9-10-24(22,21(30)25-11-14-28-12-5-4-6-13-28)20-19(23)26-17-8-7-16(29(31)32)15-18(17)27-20/h7-8,15H,4-6,9-14H2,1-3H3,(H,25,30). The predicted octanol–water partition coefficient (Wildman–Crippen LogP) is 3.47. The number of amides is 1. The number of non-ortho nitro benzene ring substituents is 1. The minimum atomic E-state index is -0.773. The van der Waals surface area contributed by atoms with Crippen molar-refractivity contribution >= 4 is 22.6 Å². The molecule has 2 aliphatic carbocycles. The summed E-state index contributed by atoms with van der Waals surface area (Å²) in [4.78, 5) is 36.8. The molecule has 2 bridgehead atoms. The molecule has 2 aromatic rings. The number of fused-ring (bicyclic) bond motifs is 6. The molecule has 1 aromatic carbocycles. The lowest BCUT2D eigenvalue weighted by Crippen LogP contribution is -2.52. The van der Waals surface area contributed by atoms with Crippen LogP contribution in [0.2, 0.25) is 0 Å². The minimum absolute atomic E-state index is 0.0135. The van der Waals surface area contributed by atoms with Crippen LogP contribution in [0.1, 0.15) is 64.3 Å². The van der Waals surface area contributed by atoms with Gasteiger partial charge in [0.1, 0.15) is 0 Å². The molecule has 0 spiro atoms. The molecule has 3 aliphatic rings. The molecule has 0 radical (unpaired) electrons. The van der Waals surface area contributed by atoms with Crippen LogP contribution in [0.15, 0.2) is 18.2 Å². The predicted molar refractivity (Wildman–Crippen MR) is 122 cm³/mol. The Morgan fingerprint density at radius 1 is 1.09 bits per heavy atom. The summed E-state index contributed by atoms with van der Waals surface area (Å²) < 4.78 is 0. The lowest BCUT2D eigenvalue weighted by Gasteiger charge is -2.39. The van der Waals surface area contributed by atoms with E-state index in [2.05, 4.69) is 31.0 Å². The van der Waals surface area contributed by atoms with Crippen molar-refractivity contribution in [2.45, 2.75) is 63.7 Å². The highest BCUT2D eigenvalue weighted by Gasteiger charge is 2.73. The Kier molecular flexibility index (Phi) is 4.78. The molecule has 8 nitrogen and oxygen atoms in total. The number of rotatable bonds is 5. The maximum Gasteiger partial charge on any atom is 0.271 e. The normalized spacial score (nSPS) is 28.6. The first-order valence-electron chi connectivity index (χ1n) is 11.7. The van der Waals surface area contributed by atoms with Gasteiger partial charge < -0.3 is 10.2 Å². The topological polar surface area (TPSA) is 101 Å². The zero-order valence-corrected chi connectivity index (χ0v) is 19.1. The van der Waals surface area contributed by atoms with Gasteiger partial charge in [-0.05, 0) is 50.3 Å². The second kappa shape index (κ2) is 7.20. The number of nitro benzene ring substituents is 1. The fourth-order valence-corrected chi connectivity index (χ4v) is 6.37. The van der Waals surface area contributed by atoms with E-state index in [0.717, 1.165) is 31.7 Å². The molecule has 2 atom stereocenters. The smallest absolute Gasteiger partial charge is 0.271 e. The van der Waals surface area contributed by atoms with Gasteiger partial charge in [0.2, 0.25) is 5.91 Å². The van der Waals surface area contributed by atoms with Crippen molar-refractivity contribution in [1.29, 1.82) is 0 Å². The van der Waals surface area contributed by atoms with E-state index < -0.39 is 10.3 Å². The number of likely N-dealkylation sites (tertiary alicyclic amines) is 1. The van der Waals surface area contributed by atoms with Crippen molar-refractivity contribution in [2.75, 3.05) is 26.2 Å². The van der Waals surface area contributed by atoms with Crippen molar-refractivity contribution in [3.8, 4) is 0 Å². The molecule has 2 unspecified atom stereocenters. The molecule has 32 heavy (non-hydrogen) atoms. The van der Waals surface area contributed by atoms with Gasteiger partial charge in [0.15, 0.2) is 0 Å². The van der Waals surface area contributed by atoms with Crippen molar-refractivity contribution in [2.24, 2.45) is 5.41 Å². The summed E-state index contributed by atoms with van der Waals surface area (Å²) >= 11 is 0. The number of nitrogens with one attached hydrogen (secondary N) is 1. The summed E-state index contributed by atoms with van der Waals surface area (Å²) in [5.74, 6) is 0.0149. The molecule has 1 N–H and O–H groups in total. The van der Waals surface area contributed by atoms with Crippen molar-refractivity contribution in [3.05, 3.63) is 39.7 Å². The molecule has 2 fully saturated rings. The van der Waals surface area contributed by atoms with Crippen molar-refractivity contribution in [1.82, 2.24) is 20.2 Å². The van der Waals surface area contributed by atoms with Crippen LogP contribution < -0.4 is 5.32 Å². The number of piperidine rings is 1. The van der Waals surface area contributed by atoms with Crippen LogP contribution in [0.5, 0.6) is 0 Å². The first-order valence-corrected chi connectivity index (χ1v) is 11.7. The van der Waals surface area contributed by atoms with Crippen LogP contribution >= 0.6 is 0 Å². The molecule has 1 amide bonds. The van der Waals surface area contributed by atoms with Gasteiger partial charge in [0.25, 0.3) is 5.69 Å². The first-order chi connectivity index (χ1) is 15.2. The molecule has 1 saturated heterocycles. The van der Waals surface area contributed by atoms with Crippen molar-refractivity contribution in [3.63, 3.8) is 0 Å². The monoisotopic (exact) mass is 437 g/mol. The zero-order chi connectivity index (χ0) is 22.7. The molecule has 1 saturated carbocycles. The Labute approximate surface area is 187 Å². The van der Waals surface area contributed by atoms with E-state index in [0.29, 0.717) is 29.7 Å². The van der Waals surface area contributed by atoms with E-state index in [1.165, 1.54) is 31.4 Å². The summed E-state index contributed by atoms with van der Waals surface area (Å²) in [6, 6.07) is 4.59. The molecule has 5 rings (SSSR count). The van der Waals surface area contributed by atoms with Crippen LogP contribution in [0, 0.1) is 15.5 Å². The van der Waals surface area contributed by atoms with Crippen molar-refractivity contribution < 1.29 is 9.72 Å². The van der Waals surface area contributed by atoms with Gasteiger partial charge in [-0.1, -0.05) is 27.2 Å². The minimum Gasteiger partial charge on any atom is -0.354 e. The molecule has 2 heterocycles. The van der Waals surface area contributed by atoms with Crippen LogP contribution in [-0.4, -0.2) is 51.9 Å². The summed E-state index contributed by atoms with van der Waals surface area (Å²) in [5.41, 5.74) is 1.28. The Morgan fingerprint density at radius 2 is 1.81 bits per heavy atom. The molecule has 1 aromatic heterocycles. The Morgan fingerprint density at radius 3 is 2.53 bits per heavy atom. The lowest BCUT2D eigenvalue weighted by atomic mass is 9.63. The molecular formula is C24H31N5O3. The Balaban J connectivity index is 1.51. The summed E-state index contributed by atoms with van der Waals surface area (Å²) in [6.45, 7) is 10.2. The van der Waals surface area contributed by atoms with E-state index in [9.17, 15) is 14.9 Å². The highest BCUT2D eigenvalue weighted by atomic mass is 16.6. The number of nitrogens with zero attached hydrogens (tertiary/aromatic N) is 4. The fourth-order valence-electron chi connectivity index (χ4n) is 6.37. The molecular weight excluding hydrogens is 406 g/mol. The van der Waals surface area contributed by atoms with Gasteiger partial charge in [0.05, 0.1) is 32.8 Å². The number of benzene rings is 1. The second-order valence-electron chi connectivity index (χ2n) is 10.4. The van der Waals surface area contributed by atoms with Crippen LogP contribution in [0.3, 0.4) is 0 Å². The highest BCUT2D eigenvalue weighted by Crippen LogP contribution is 2.70. The number of aromatic nitrogens is 2. The van der Waals surface area contributed by atoms with E-state index in [-0.39, 0.29) is 22.4 Å². The Bertz CT molecular complexity index is 1110. The quantitative estimate of drug-likeness (QED) is 0.568. The van der Waals surface area contributed by atoms with Crippen LogP contribution in [-0.2, 0) is 15.6 Å². The Hall–Kier alpha value is -2.61. The van der Waals surface area contributed by atoms with E-state index >= 15 is 0 Å². The average Bonchev–Trinajstić information content (AvgIpc) is 3.07. The maximum absolute atomic E-state index is 13.8. The van der Waals surface area contributed by atoms with Gasteiger partial charge in [-0.25, -0.2) is 9.97 Å². The highest BCUT2D eigenvalue weighted by molar-refractivity contribution is 5.93. The number of hydrogen-bond donors (Lipinski definition) is 1. The molecule has 1 aliphatic heterocycles. The van der Waals surface area contributed by atoms with E-state index in [1.54, 1.807) is 6.07 Å². The number of nitro groups is 1. The molecule has 8 heteroatoms. The van der Waals surface area contributed by atoms with Crippen LogP contribution in [0.4, 0.5) is 5.69 Å². The largest absolute Gasteiger partial charge is 0.354 e. The van der Waals surface area contributed by atoms with E-state index in [4.69, 9.17) is 9.97 Å². The zero-order valence-electron chi connectivity index (χ0n) is 19.1. The number of hydrogen-bond acceptors (Lipinski definition) is 6. The third-order valence-corrected chi connectivity index (χ3v) is 8.78. The third-order valence-electron chi connectivity index (χ3n) is 8.78. The maximum atomic E-state index is 13.8. The summed E-state index contributed by atoms with van der Waals surface area (Å²) in [5, 5.41) is 14.5. The fraction of sp³-hybridized carbons (Fsp3) is 0.625. The first kappa shape index (κ1) is 21.2. The summed E-state index contributed by atoms with van der Waals surface area (Å²) in [7, 11) is 0. The van der Waals surface area contributed by atoms with Gasteiger partial charge in [-0.3, -0.25) is 14.9 Å². The van der Waals surface area contributed by atoms with Gasteiger partial charge >= 0.3 is 0 Å². The molecule has 170 valence electrons. The van der Waals surface area contributed by atoms with Gasteiger partial charge in [-0.2, -0.15) is 0 Å².